The van der Waals surface area contributed by atoms with Gasteiger partial charge in [-0.3, -0.25) is 0 Å². The van der Waals surface area contributed by atoms with Crippen LogP contribution >= 0.6 is 11.3 Å². The number of fused-ring (bicyclic) bond motifs is 1. The van der Waals surface area contributed by atoms with Gasteiger partial charge in [0.1, 0.15) is 0 Å². The van der Waals surface area contributed by atoms with Crippen LogP contribution in [-0.2, 0) is 6.42 Å². The molecule has 0 spiro atoms. The molecule has 0 aliphatic carbocycles. The van der Waals surface area contributed by atoms with Gasteiger partial charge in [-0.15, -0.1) is 11.3 Å². The highest BCUT2D eigenvalue weighted by atomic mass is 32.1. The molecule has 17 heavy (non-hydrogen) atoms. The Balaban J connectivity index is 2.13. The van der Waals surface area contributed by atoms with Crippen LogP contribution in [0.1, 0.15) is 5.56 Å². The molecule has 0 amide bonds. The number of aromatic nitrogens is 1. The summed E-state index contributed by atoms with van der Waals surface area (Å²) in [5.74, 6) is 0. The highest BCUT2D eigenvalue weighted by molar-refractivity contribution is 7.13. The molecular weight excluding hydrogens is 228 g/mol. The lowest BCUT2D eigenvalue weighted by atomic mass is 10.1. The molecule has 0 atom stereocenters. The average molecular weight is 242 g/mol. The number of nitrogens with one attached hydrogen (secondary N) is 1. The van der Waals surface area contributed by atoms with Crippen molar-refractivity contribution in [1.82, 2.24) is 4.98 Å². The Morgan fingerprint density at radius 3 is 2.94 bits per heavy atom. The Morgan fingerprint density at radius 2 is 2.18 bits per heavy atom. The number of hydrogen-bond acceptors (Lipinski definition) is 2. The number of H-pyrrole nitrogens is 1. The Hall–Kier alpha value is -1.58. The second-order valence-corrected chi connectivity index (χ2v) is 5.04. The Labute approximate surface area is 104 Å². The van der Waals surface area contributed by atoms with Gasteiger partial charge >= 0.3 is 0 Å². The lowest BCUT2D eigenvalue weighted by Gasteiger charge is -2.00. The predicted octanol–water partition coefficient (Wildman–Crippen LogP) is 3.40. The molecule has 0 saturated carbocycles. The molecule has 1 aromatic carbocycles. The molecule has 0 unspecified atom stereocenters. The van der Waals surface area contributed by atoms with Gasteiger partial charge in [-0.1, -0.05) is 12.1 Å². The maximum atomic E-state index is 5.63. The van der Waals surface area contributed by atoms with Crippen LogP contribution < -0.4 is 5.73 Å². The maximum absolute atomic E-state index is 5.63. The zero-order valence-corrected chi connectivity index (χ0v) is 10.3. The van der Waals surface area contributed by atoms with E-state index >= 15 is 0 Å². The number of aromatic amines is 1. The highest BCUT2D eigenvalue weighted by Crippen LogP contribution is 2.29. The van der Waals surface area contributed by atoms with Gasteiger partial charge in [-0.2, -0.15) is 0 Å². The fraction of sp³-hybridized carbons (Fsp3) is 0.143. The first-order valence-corrected chi connectivity index (χ1v) is 6.60. The van der Waals surface area contributed by atoms with Crippen LogP contribution in [0.4, 0.5) is 0 Å². The second-order valence-electron chi connectivity index (χ2n) is 4.09. The van der Waals surface area contributed by atoms with Gasteiger partial charge in [-0.05, 0) is 47.7 Å². The van der Waals surface area contributed by atoms with Crippen LogP contribution in [0.15, 0.2) is 41.9 Å². The molecule has 0 bridgehead atoms. The molecule has 3 aromatic rings. The van der Waals surface area contributed by atoms with E-state index in [1.165, 1.54) is 26.9 Å². The topological polar surface area (TPSA) is 41.8 Å². The Kier molecular flexibility index (Phi) is 2.71. The lowest BCUT2D eigenvalue weighted by Crippen LogP contribution is -2.01. The second kappa shape index (κ2) is 4.35. The monoisotopic (exact) mass is 242 g/mol. The maximum Gasteiger partial charge on any atom is 0.0457 e. The van der Waals surface area contributed by atoms with E-state index in [4.69, 9.17) is 5.73 Å². The molecular formula is C14H14N2S. The third-order valence-corrected chi connectivity index (χ3v) is 3.91. The fourth-order valence-electron chi connectivity index (χ4n) is 2.14. The molecule has 2 aromatic heterocycles. The molecule has 86 valence electrons. The van der Waals surface area contributed by atoms with Crippen molar-refractivity contribution >= 4 is 22.2 Å². The van der Waals surface area contributed by atoms with Crippen LogP contribution in [0.5, 0.6) is 0 Å². The first-order valence-electron chi connectivity index (χ1n) is 5.72. The molecule has 2 heterocycles. The van der Waals surface area contributed by atoms with Crippen molar-refractivity contribution in [3.05, 3.63) is 47.5 Å². The summed E-state index contributed by atoms with van der Waals surface area (Å²) < 4.78 is 0. The van der Waals surface area contributed by atoms with Crippen molar-refractivity contribution in [2.24, 2.45) is 5.73 Å². The first-order chi connectivity index (χ1) is 8.38. The minimum Gasteiger partial charge on any atom is -0.361 e. The van der Waals surface area contributed by atoms with Gasteiger partial charge in [0.15, 0.2) is 0 Å². The summed E-state index contributed by atoms with van der Waals surface area (Å²) >= 11 is 1.77. The standard InChI is InChI=1S/C14H14N2S/c15-6-5-11-9-16-13-4-3-10(8-12(11)13)14-2-1-7-17-14/h1-4,7-9,16H,5-6,15H2. The zero-order chi connectivity index (χ0) is 11.7. The molecule has 3 rings (SSSR count). The first kappa shape index (κ1) is 10.6. The average Bonchev–Trinajstić information content (AvgIpc) is 2.98. The summed E-state index contributed by atoms with van der Waals surface area (Å²) in [6.07, 6.45) is 2.99. The van der Waals surface area contributed by atoms with Crippen LogP contribution in [0.25, 0.3) is 21.3 Å². The molecule has 0 saturated heterocycles. The van der Waals surface area contributed by atoms with E-state index < -0.39 is 0 Å². The summed E-state index contributed by atoms with van der Waals surface area (Å²) in [5, 5.41) is 3.40. The van der Waals surface area contributed by atoms with E-state index in [-0.39, 0.29) is 0 Å². The van der Waals surface area contributed by atoms with Crippen molar-refractivity contribution < 1.29 is 0 Å². The normalized spacial score (nSPS) is 11.1. The number of rotatable bonds is 3. The predicted molar refractivity (Wildman–Crippen MR) is 74.4 cm³/mol. The summed E-state index contributed by atoms with van der Waals surface area (Å²) in [7, 11) is 0. The third kappa shape index (κ3) is 1.88. The van der Waals surface area contributed by atoms with Gasteiger partial charge in [-0.25, -0.2) is 0 Å². The number of nitrogens with two attached hydrogens (primary N) is 1. The van der Waals surface area contributed by atoms with Gasteiger partial charge in [0.25, 0.3) is 0 Å². The highest BCUT2D eigenvalue weighted by Gasteiger charge is 2.05. The van der Waals surface area contributed by atoms with Gasteiger partial charge in [0, 0.05) is 22.0 Å². The van der Waals surface area contributed by atoms with Crippen LogP contribution in [0, 0.1) is 0 Å². The molecule has 0 fully saturated rings. The van der Waals surface area contributed by atoms with E-state index in [9.17, 15) is 0 Å². The van der Waals surface area contributed by atoms with Crippen molar-refractivity contribution in [1.29, 1.82) is 0 Å². The molecule has 0 aliphatic heterocycles. The molecule has 3 N–H and O–H groups in total. The van der Waals surface area contributed by atoms with E-state index in [2.05, 4.69) is 46.9 Å². The summed E-state index contributed by atoms with van der Waals surface area (Å²) in [4.78, 5) is 4.61. The quantitative estimate of drug-likeness (QED) is 0.726. The van der Waals surface area contributed by atoms with Crippen LogP contribution in [0.3, 0.4) is 0 Å². The van der Waals surface area contributed by atoms with Crippen LogP contribution in [-0.4, -0.2) is 11.5 Å². The van der Waals surface area contributed by atoms with Gasteiger partial charge in [0.05, 0.1) is 0 Å². The smallest absolute Gasteiger partial charge is 0.0457 e. The molecule has 0 aliphatic rings. The lowest BCUT2D eigenvalue weighted by molar-refractivity contribution is 0.976. The van der Waals surface area contributed by atoms with Gasteiger partial charge < -0.3 is 10.7 Å². The van der Waals surface area contributed by atoms with E-state index in [0.29, 0.717) is 6.54 Å². The Bertz CT molecular complexity index is 623. The molecule has 0 radical (unpaired) electrons. The van der Waals surface area contributed by atoms with Crippen molar-refractivity contribution in [3.8, 4) is 10.4 Å². The SMILES string of the molecule is NCCc1c[nH]c2ccc(-c3cccs3)cc12. The number of benzene rings is 1. The van der Waals surface area contributed by atoms with Crippen LogP contribution in [0.2, 0.25) is 0 Å². The van der Waals surface area contributed by atoms with Crippen molar-refractivity contribution in [2.75, 3.05) is 6.54 Å². The van der Waals surface area contributed by atoms with Crippen molar-refractivity contribution in [2.45, 2.75) is 6.42 Å². The fourth-order valence-corrected chi connectivity index (χ4v) is 2.86. The third-order valence-electron chi connectivity index (χ3n) is 2.99. The minimum atomic E-state index is 0.691. The van der Waals surface area contributed by atoms with Crippen molar-refractivity contribution in [3.63, 3.8) is 0 Å². The zero-order valence-electron chi connectivity index (χ0n) is 9.44. The van der Waals surface area contributed by atoms with Gasteiger partial charge in [0.2, 0.25) is 0 Å². The summed E-state index contributed by atoms with van der Waals surface area (Å²) in [6.45, 7) is 0.691. The number of thiophene rings is 1. The number of hydrogen-bond donors (Lipinski definition) is 2. The largest absolute Gasteiger partial charge is 0.361 e. The minimum absolute atomic E-state index is 0.691. The van der Waals surface area contributed by atoms with E-state index in [1.54, 1.807) is 11.3 Å². The Morgan fingerprint density at radius 1 is 1.24 bits per heavy atom. The molecule has 2 nitrogen and oxygen atoms in total. The van der Waals surface area contributed by atoms with E-state index in [0.717, 1.165) is 6.42 Å². The summed E-state index contributed by atoms with van der Waals surface area (Å²) in [6, 6.07) is 10.8. The van der Waals surface area contributed by atoms with E-state index in [1.807, 2.05) is 0 Å². The molecule has 3 heteroatoms. The summed E-state index contributed by atoms with van der Waals surface area (Å²) in [5.41, 5.74) is 9.41.